The minimum Gasteiger partial charge on any atom is -0.508 e. The summed E-state index contributed by atoms with van der Waals surface area (Å²) in [6, 6.07) is 6.10. The lowest BCUT2D eigenvalue weighted by molar-refractivity contribution is 0.107. The second kappa shape index (κ2) is 9.93. The Morgan fingerprint density at radius 2 is 1.91 bits per heavy atom. The number of aromatic hydroxyl groups is 1. The first-order valence-electron chi connectivity index (χ1n) is 16.0. The number of hydrogen-bond acceptors (Lipinski definition) is 8. The first-order chi connectivity index (χ1) is 22.2. The molecule has 4 saturated heterocycles. The lowest BCUT2D eigenvalue weighted by Crippen LogP contribution is -2.51. The molecule has 11 heteroatoms. The number of aromatic nitrogens is 3. The van der Waals surface area contributed by atoms with Crippen molar-refractivity contribution in [2.24, 2.45) is 5.41 Å². The lowest BCUT2D eigenvalue weighted by Gasteiger charge is -2.34. The fourth-order valence-electron chi connectivity index (χ4n) is 8.76. The molecule has 4 aromatic rings. The highest BCUT2D eigenvalue weighted by atomic mass is 19.1. The molecule has 0 amide bonds. The van der Waals surface area contributed by atoms with Crippen LogP contribution in [0.25, 0.3) is 32.9 Å². The molecular formula is C35H33F3N6O2. The highest BCUT2D eigenvalue weighted by Crippen LogP contribution is 2.60. The minimum atomic E-state index is -0.912. The van der Waals surface area contributed by atoms with E-state index in [4.69, 9.17) is 16.1 Å². The second-order valence-electron chi connectivity index (χ2n) is 14.1. The minimum absolute atomic E-state index is 0.000245. The topological polar surface area (TPSA) is 86.6 Å². The number of ether oxygens (including phenoxy) is 1. The van der Waals surface area contributed by atoms with E-state index in [-0.39, 0.29) is 51.5 Å². The van der Waals surface area contributed by atoms with E-state index in [9.17, 15) is 13.9 Å². The van der Waals surface area contributed by atoms with Gasteiger partial charge in [0, 0.05) is 61.8 Å². The number of phenols is 1. The molecule has 6 heterocycles. The first kappa shape index (κ1) is 28.1. The van der Waals surface area contributed by atoms with Crippen LogP contribution in [-0.4, -0.2) is 81.5 Å². The molecular weight excluding hydrogens is 593 g/mol. The molecule has 1 saturated carbocycles. The largest absolute Gasteiger partial charge is 0.508 e. The number of halogens is 3. The van der Waals surface area contributed by atoms with E-state index in [1.54, 1.807) is 0 Å². The molecule has 1 spiro atoms. The molecule has 46 heavy (non-hydrogen) atoms. The summed E-state index contributed by atoms with van der Waals surface area (Å²) < 4.78 is 52.7. The van der Waals surface area contributed by atoms with Gasteiger partial charge in [-0.1, -0.05) is 12.0 Å². The van der Waals surface area contributed by atoms with Crippen molar-refractivity contribution in [1.82, 2.24) is 25.2 Å². The van der Waals surface area contributed by atoms with E-state index in [0.717, 1.165) is 38.6 Å². The number of piperazine rings is 1. The molecule has 9 rings (SSSR count). The molecule has 5 fully saturated rings. The van der Waals surface area contributed by atoms with Crippen LogP contribution in [0.2, 0.25) is 0 Å². The van der Waals surface area contributed by atoms with Gasteiger partial charge in [0.25, 0.3) is 0 Å². The molecule has 4 unspecified atom stereocenters. The molecule has 2 aromatic heterocycles. The standard InChI is InChI=1S/C35H33F3N6O2/c1-2-24-27(37)6-3-19-9-23(45)10-25(28(19)24)30-29(38)31-26(12-39-30)32(43-14-21-4-5-22(15-43)40-21)42-33(41-31)46-18-35-11-20(36)13-44(35)17-34(16-35)7-8-34/h1,3,6,9-10,12,20-22,40,45H,4-5,7-8,11,13-18H2. The normalized spacial score (nSPS) is 27.9. The van der Waals surface area contributed by atoms with Crippen molar-refractivity contribution in [1.29, 1.82) is 0 Å². The predicted octanol–water partition coefficient (Wildman–Crippen LogP) is 5.10. The number of alkyl halides is 1. The van der Waals surface area contributed by atoms with Gasteiger partial charge in [0.15, 0.2) is 5.82 Å². The van der Waals surface area contributed by atoms with Crippen LogP contribution in [0.1, 0.15) is 44.1 Å². The predicted molar refractivity (Wildman–Crippen MR) is 168 cm³/mol. The number of hydrogen-bond donors (Lipinski definition) is 2. The van der Waals surface area contributed by atoms with Gasteiger partial charge in [-0.25, -0.2) is 13.2 Å². The summed E-state index contributed by atoms with van der Waals surface area (Å²) >= 11 is 0. The molecule has 0 radical (unpaired) electrons. The van der Waals surface area contributed by atoms with E-state index in [0.29, 0.717) is 54.7 Å². The first-order valence-corrected chi connectivity index (χ1v) is 16.0. The van der Waals surface area contributed by atoms with Crippen molar-refractivity contribution in [2.75, 3.05) is 37.7 Å². The van der Waals surface area contributed by atoms with Gasteiger partial charge < -0.3 is 20.1 Å². The number of pyridine rings is 1. The van der Waals surface area contributed by atoms with Gasteiger partial charge in [0.05, 0.1) is 16.5 Å². The fourth-order valence-corrected chi connectivity index (χ4v) is 8.76. The van der Waals surface area contributed by atoms with Gasteiger partial charge >= 0.3 is 6.01 Å². The summed E-state index contributed by atoms with van der Waals surface area (Å²) in [5.74, 6) is 1.38. The van der Waals surface area contributed by atoms with Crippen LogP contribution in [-0.2, 0) is 0 Å². The Bertz CT molecular complexity index is 1970. The van der Waals surface area contributed by atoms with E-state index in [2.05, 4.69) is 31.0 Å². The van der Waals surface area contributed by atoms with E-state index < -0.39 is 23.3 Å². The number of rotatable bonds is 5. The van der Waals surface area contributed by atoms with E-state index >= 15 is 4.39 Å². The zero-order valence-electron chi connectivity index (χ0n) is 25.2. The Labute approximate surface area is 264 Å². The summed E-state index contributed by atoms with van der Waals surface area (Å²) in [6.07, 6.45) is 12.0. The molecule has 1 aliphatic carbocycles. The maximum Gasteiger partial charge on any atom is 0.319 e. The van der Waals surface area contributed by atoms with Crippen LogP contribution in [0, 0.1) is 29.4 Å². The van der Waals surface area contributed by atoms with Crippen LogP contribution in [0.4, 0.5) is 19.0 Å². The van der Waals surface area contributed by atoms with Crippen molar-refractivity contribution in [3.8, 4) is 35.4 Å². The van der Waals surface area contributed by atoms with Crippen molar-refractivity contribution < 1.29 is 23.0 Å². The quantitative estimate of drug-likeness (QED) is 0.296. The molecule has 236 valence electrons. The molecule has 4 aliphatic heterocycles. The van der Waals surface area contributed by atoms with Crippen LogP contribution in [0.3, 0.4) is 0 Å². The van der Waals surface area contributed by atoms with Crippen molar-refractivity contribution >= 4 is 27.5 Å². The zero-order valence-corrected chi connectivity index (χ0v) is 25.2. The number of anilines is 1. The second-order valence-corrected chi connectivity index (χ2v) is 14.1. The highest BCUT2D eigenvalue weighted by molar-refractivity contribution is 6.03. The van der Waals surface area contributed by atoms with Crippen molar-refractivity contribution in [3.63, 3.8) is 0 Å². The number of phenolic OH excluding ortho intramolecular Hbond substituents is 1. The zero-order chi connectivity index (χ0) is 31.4. The average molecular weight is 627 g/mol. The van der Waals surface area contributed by atoms with Crippen LogP contribution < -0.4 is 15.0 Å². The molecule has 2 aromatic carbocycles. The smallest absolute Gasteiger partial charge is 0.319 e. The third-order valence-electron chi connectivity index (χ3n) is 11.0. The van der Waals surface area contributed by atoms with Gasteiger partial charge in [-0.15, -0.1) is 6.42 Å². The van der Waals surface area contributed by atoms with Gasteiger partial charge in [0.2, 0.25) is 0 Å². The monoisotopic (exact) mass is 626 g/mol. The summed E-state index contributed by atoms with van der Waals surface area (Å²) in [6.45, 7) is 2.88. The number of terminal acetylenes is 1. The van der Waals surface area contributed by atoms with Gasteiger partial charge in [0.1, 0.15) is 41.4 Å². The average Bonchev–Trinajstić information content (AvgIpc) is 3.48. The number of nitrogens with one attached hydrogen (secondary N) is 1. The molecule has 5 aliphatic rings. The van der Waals surface area contributed by atoms with Crippen LogP contribution >= 0.6 is 0 Å². The maximum absolute atomic E-state index is 16.8. The third kappa shape index (κ3) is 4.33. The van der Waals surface area contributed by atoms with E-state index in [1.807, 2.05) is 0 Å². The molecule has 2 N–H and O–H groups in total. The summed E-state index contributed by atoms with van der Waals surface area (Å²) in [5, 5.41) is 15.3. The Morgan fingerprint density at radius 3 is 2.67 bits per heavy atom. The summed E-state index contributed by atoms with van der Waals surface area (Å²) in [5.41, 5.74) is -0.194. The van der Waals surface area contributed by atoms with Crippen LogP contribution in [0.15, 0.2) is 30.5 Å². The van der Waals surface area contributed by atoms with Gasteiger partial charge in [-0.2, -0.15) is 9.97 Å². The van der Waals surface area contributed by atoms with Crippen molar-refractivity contribution in [2.45, 2.75) is 62.3 Å². The van der Waals surface area contributed by atoms with Crippen LogP contribution in [0.5, 0.6) is 11.8 Å². The third-order valence-corrected chi connectivity index (χ3v) is 11.0. The summed E-state index contributed by atoms with van der Waals surface area (Å²) in [4.78, 5) is 18.3. The Hall–Kier alpha value is -4.14. The number of benzene rings is 2. The van der Waals surface area contributed by atoms with E-state index in [1.165, 1.54) is 30.5 Å². The number of fused-ring (bicyclic) bond motifs is 5. The molecule has 4 atom stereocenters. The summed E-state index contributed by atoms with van der Waals surface area (Å²) in [7, 11) is 0. The Kier molecular flexibility index (Phi) is 6.07. The molecule has 2 bridgehead atoms. The Balaban J connectivity index is 1.18. The molecule has 8 nitrogen and oxygen atoms in total. The number of nitrogens with zero attached hydrogens (tertiary/aromatic N) is 5. The lowest BCUT2D eigenvalue weighted by atomic mass is 9.89. The highest BCUT2D eigenvalue weighted by Gasteiger charge is 2.62. The SMILES string of the molecule is C#Cc1c(F)ccc2cc(O)cc(-c3ncc4c(N5CC6CCC(C5)N6)nc(OCC56CC(F)CN5CC5(CC5)C6)nc4c3F)c12. The van der Waals surface area contributed by atoms with Crippen molar-refractivity contribution in [3.05, 3.63) is 47.7 Å². The van der Waals surface area contributed by atoms with Gasteiger partial charge in [-0.3, -0.25) is 9.88 Å². The maximum atomic E-state index is 16.8. The van der Waals surface area contributed by atoms with Gasteiger partial charge in [-0.05, 0) is 61.1 Å². The Morgan fingerprint density at radius 1 is 1.11 bits per heavy atom. The fraction of sp³-hybridized carbons (Fsp3) is 0.457.